The van der Waals surface area contributed by atoms with E-state index in [1.54, 1.807) is 0 Å². The summed E-state index contributed by atoms with van der Waals surface area (Å²) in [4.78, 5) is 7.10. The van der Waals surface area contributed by atoms with Crippen LogP contribution in [0.4, 0.5) is 5.69 Å². The summed E-state index contributed by atoms with van der Waals surface area (Å²) in [6.45, 7) is 4.12. The predicted molar refractivity (Wildman–Crippen MR) is 119 cm³/mol. The van der Waals surface area contributed by atoms with E-state index in [1.165, 1.54) is 16.8 Å². The van der Waals surface area contributed by atoms with E-state index in [9.17, 15) is 0 Å². The fourth-order valence-electron chi connectivity index (χ4n) is 3.68. The van der Waals surface area contributed by atoms with Crippen molar-refractivity contribution in [3.8, 4) is 11.5 Å². The van der Waals surface area contributed by atoms with Crippen molar-refractivity contribution >= 4 is 5.69 Å². The quantitative estimate of drug-likeness (QED) is 0.548. The zero-order valence-corrected chi connectivity index (χ0v) is 16.8. The maximum absolute atomic E-state index is 6.06. The maximum Gasteiger partial charge on any atom is 0.127 e. The molecule has 0 saturated carbocycles. The van der Waals surface area contributed by atoms with Gasteiger partial charge in [0.05, 0.1) is 0 Å². The van der Waals surface area contributed by atoms with Crippen LogP contribution in [0.15, 0.2) is 91.1 Å². The maximum atomic E-state index is 6.06. The lowest BCUT2D eigenvalue weighted by molar-refractivity contribution is 0.483. The Morgan fingerprint density at radius 2 is 1.52 bits per heavy atom. The summed E-state index contributed by atoms with van der Waals surface area (Å²) in [5.74, 6) is 1.62. The van der Waals surface area contributed by atoms with E-state index < -0.39 is 0 Å². The molecule has 2 aromatic carbocycles. The Morgan fingerprint density at radius 1 is 0.828 bits per heavy atom. The number of aromatic nitrogens is 1. The first-order chi connectivity index (χ1) is 14.3. The standard InChI is InChI=1S/C26H26N2O/c1-21-25-17-20-28(19-16-22-9-4-2-5-10-22)26(25)15-14-24(13-8-18-27-21)29-23-11-6-3-7-12-23/h2-15,18H,16-17,19-20H2,1H3. The Bertz CT molecular complexity index is 1000. The van der Waals surface area contributed by atoms with Crippen molar-refractivity contribution in [2.75, 3.05) is 18.0 Å². The topological polar surface area (TPSA) is 25.4 Å². The van der Waals surface area contributed by atoms with Gasteiger partial charge in [-0.2, -0.15) is 0 Å². The monoisotopic (exact) mass is 382 g/mol. The summed E-state index contributed by atoms with van der Waals surface area (Å²) >= 11 is 0. The molecule has 0 spiro atoms. The molecule has 3 aromatic rings. The van der Waals surface area contributed by atoms with Crippen LogP contribution in [-0.4, -0.2) is 18.1 Å². The van der Waals surface area contributed by atoms with Gasteiger partial charge in [0.15, 0.2) is 0 Å². The minimum Gasteiger partial charge on any atom is -0.457 e. The van der Waals surface area contributed by atoms with Crippen LogP contribution in [0.3, 0.4) is 0 Å². The van der Waals surface area contributed by atoms with Gasteiger partial charge in [-0.25, -0.2) is 0 Å². The van der Waals surface area contributed by atoms with Crippen LogP contribution in [0.1, 0.15) is 16.8 Å². The number of nitrogens with zero attached hydrogens (tertiary/aromatic N) is 2. The molecule has 3 nitrogen and oxygen atoms in total. The van der Waals surface area contributed by atoms with Gasteiger partial charge >= 0.3 is 0 Å². The van der Waals surface area contributed by atoms with Crippen molar-refractivity contribution in [3.05, 3.63) is 108 Å². The molecule has 1 aliphatic heterocycles. The van der Waals surface area contributed by atoms with E-state index >= 15 is 0 Å². The van der Waals surface area contributed by atoms with Gasteiger partial charge in [-0.15, -0.1) is 0 Å². The molecule has 0 unspecified atom stereocenters. The molecule has 29 heavy (non-hydrogen) atoms. The van der Waals surface area contributed by atoms with Gasteiger partial charge in [-0.1, -0.05) is 48.5 Å². The normalized spacial score (nSPS) is 12.2. The second-order valence-corrected chi connectivity index (χ2v) is 7.21. The molecule has 0 saturated heterocycles. The highest BCUT2D eigenvalue weighted by Gasteiger charge is 2.19. The van der Waals surface area contributed by atoms with Crippen LogP contribution >= 0.6 is 0 Å². The second-order valence-electron chi connectivity index (χ2n) is 7.21. The Labute approximate surface area is 172 Å². The average molecular weight is 383 g/mol. The molecular weight excluding hydrogens is 356 g/mol. The Balaban J connectivity index is 1.64. The van der Waals surface area contributed by atoms with E-state index in [0.717, 1.165) is 43.1 Å². The number of fused-ring (bicyclic) bond motifs is 1. The van der Waals surface area contributed by atoms with Crippen molar-refractivity contribution in [1.29, 1.82) is 0 Å². The molecule has 0 amide bonds. The lowest BCUT2D eigenvalue weighted by Crippen LogP contribution is -2.23. The van der Waals surface area contributed by atoms with Gasteiger partial charge in [0.25, 0.3) is 0 Å². The van der Waals surface area contributed by atoms with E-state index in [1.807, 2.05) is 48.7 Å². The van der Waals surface area contributed by atoms with Crippen LogP contribution in [-0.2, 0) is 12.8 Å². The first-order valence-electron chi connectivity index (χ1n) is 10.1. The minimum atomic E-state index is 0.795. The van der Waals surface area contributed by atoms with Gasteiger partial charge in [-0.05, 0) is 67.3 Å². The largest absolute Gasteiger partial charge is 0.457 e. The van der Waals surface area contributed by atoms with Crippen LogP contribution in [0.25, 0.3) is 0 Å². The summed E-state index contributed by atoms with van der Waals surface area (Å²) in [6.07, 6.45) is 3.90. The fraction of sp³-hybridized carbons (Fsp3) is 0.192. The van der Waals surface area contributed by atoms with Gasteiger partial charge in [0.2, 0.25) is 0 Å². The van der Waals surface area contributed by atoms with E-state index in [0.29, 0.717) is 0 Å². The number of anilines is 1. The zero-order chi connectivity index (χ0) is 19.9. The van der Waals surface area contributed by atoms with Crippen LogP contribution in [0.5, 0.6) is 11.5 Å². The van der Waals surface area contributed by atoms with Crippen molar-refractivity contribution in [3.63, 3.8) is 0 Å². The summed E-state index contributed by atoms with van der Waals surface area (Å²) in [5.41, 5.74) is 5.02. The second kappa shape index (κ2) is 9.24. The fourth-order valence-corrected chi connectivity index (χ4v) is 3.68. The zero-order valence-electron chi connectivity index (χ0n) is 16.8. The molecular formula is C26H26N2O. The molecule has 2 heterocycles. The third-order valence-electron chi connectivity index (χ3n) is 5.23. The molecule has 4 rings (SSSR count). The summed E-state index contributed by atoms with van der Waals surface area (Å²) < 4.78 is 6.06. The third kappa shape index (κ3) is 4.94. The number of rotatable bonds is 5. The highest BCUT2D eigenvalue weighted by Crippen LogP contribution is 2.29. The summed E-state index contributed by atoms with van der Waals surface area (Å²) in [6, 6.07) is 28.7. The number of aryl methyl sites for hydroxylation is 1. The van der Waals surface area contributed by atoms with Crippen LogP contribution < -0.4 is 9.64 Å². The number of hydrogen-bond donors (Lipinski definition) is 0. The van der Waals surface area contributed by atoms with Gasteiger partial charge in [0, 0.05) is 30.7 Å². The molecule has 3 heteroatoms. The molecule has 1 aromatic heterocycles. The van der Waals surface area contributed by atoms with Crippen molar-refractivity contribution < 1.29 is 4.74 Å². The summed E-state index contributed by atoms with van der Waals surface area (Å²) in [7, 11) is 0. The Morgan fingerprint density at radius 3 is 2.31 bits per heavy atom. The highest BCUT2D eigenvalue weighted by molar-refractivity contribution is 5.58. The predicted octanol–water partition coefficient (Wildman–Crippen LogP) is 5.91. The van der Waals surface area contributed by atoms with E-state index in [4.69, 9.17) is 4.74 Å². The number of benzene rings is 2. The highest BCUT2D eigenvalue weighted by atomic mass is 16.5. The van der Waals surface area contributed by atoms with Crippen LogP contribution in [0, 0.1) is 6.92 Å². The Kier molecular flexibility index (Phi) is 6.06. The van der Waals surface area contributed by atoms with E-state index in [-0.39, 0.29) is 0 Å². The van der Waals surface area contributed by atoms with Crippen molar-refractivity contribution in [2.24, 2.45) is 0 Å². The smallest absolute Gasteiger partial charge is 0.127 e. The van der Waals surface area contributed by atoms with Crippen LogP contribution in [0.2, 0.25) is 0 Å². The van der Waals surface area contributed by atoms with E-state index in [2.05, 4.69) is 59.3 Å². The average Bonchev–Trinajstić information content (AvgIpc) is 3.17. The third-order valence-corrected chi connectivity index (χ3v) is 5.23. The number of para-hydroxylation sites is 1. The molecule has 0 radical (unpaired) electrons. The van der Waals surface area contributed by atoms with Gasteiger partial charge in [-0.3, -0.25) is 4.98 Å². The summed E-state index contributed by atoms with van der Waals surface area (Å²) in [5, 5.41) is 0. The number of ether oxygens (including phenoxy) is 1. The molecule has 0 aliphatic carbocycles. The molecule has 1 aliphatic rings. The van der Waals surface area contributed by atoms with Gasteiger partial charge in [0.1, 0.15) is 11.5 Å². The molecule has 146 valence electrons. The molecule has 0 bridgehead atoms. The van der Waals surface area contributed by atoms with Crippen molar-refractivity contribution in [1.82, 2.24) is 4.98 Å². The Hall–Kier alpha value is -3.33. The lowest BCUT2D eigenvalue weighted by atomic mass is 10.1. The lowest BCUT2D eigenvalue weighted by Gasteiger charge is -2.19. The first kappa shape index (κ1) is 19.0. The SMILES string of the molecule is Cc1ncccc(Oc2ccccc2)ccc2c1CCN2CCc1ccccc1. The number of hydrogen-bond acceptors (Lipinski definition) is 3. The van der Waals surface area contributed by atoms with Gasteiger partial charge < -0.3 is 9.64 Å². The molecule has 0 N–H and O–H groups in total. The van der Waals surface area contributed by atoms with Crippen molar-refractivity contribution in [2.45, 2.75) is 19.8 Å². The first-order valence-corrected chi connectivity index (χ1v) is 10.1. The minimum absolute atomic E-state index is 0.795. The molecule has 0 fully saturated rings. The molecule has 0 atom stereocenters.